The van der Waals surface area contributed by atoms with Crippen molar-refractivity contribution in [2.45, 2.75) is 45.4 Å². The number of likely N-dealkylation sites (tertiary alicyclic amines) is 1. The van der Waals surface area contributed by atoms with E-state index in [4.69, 9.17) is 0 Å². The standard InChI is InChI=1S/C18H25NO2/c1-5-9-15(20)17-16(12(2)3)18(21)19(17)13(4)14-10-7-6-8-11-14/h5-8,10-13,15-17,20H,1,9H2,2-4H3/t13-,15?,16-,17+/m0/s1. The van der Waals surface area contributed by atoms with E-state index >= 15 is 0 Å². The highest BCUT2D eigenvalue weighted by Gasteiger charge is 2.53. The number of aliphatic hydroxyl groups excluding tert-OH is 1. The number of hydrogen-bond acceptors (Lipinski definition) is 2. The van der Waals surface area contributed by atoms with E-state index in [0.717, 1.165) is 5.56 Å². The average molecular weight is 287 g/mol. The molecule has 1 unspecified atom stereocenters. The lowest BCUT2D eigenvalue weighted by atomic mass is 9.74. The zero-order valence-electron chi connectivity index (χ0n) is 13.1. The first-order valence-electron chi connectivity index (χ1n) is 7.65. The third-order valence-corrected chi connectivity index (χ3v) is 4.45. The Balaban J connectivity index is 2.24. The molecule has 3 nitrogen and oxygen atoms in total. The van der Waals surface area contributed by atoms with E-state index in [1.807, 2.05) is 56.0 Å². The van der Waals surface area contributed by atoms with Crippen LogP contribution >= 0.6 is 0 Å². The van der Waals surface area contributed by atoms with Gasteiger partial charge in [-0.1, -0.05) is 50.3 Å². The Labute approximate surface area is 127 Å². The molecule has 4 atom stereocenters. The molecule has 21 heavy (non-hydrogen) atoms. The van der Waals surface area contributed by atoms with Gasteiger partial charge in [0.25, 0.3) is 0 Å². The molecule has 1 fully saturated rings. The first kappa shape index (κ1) is 15.8. The maximum Gasteiger partial charge on any atom is 0.228 e. The Kier molecular flexibility index (Phi) is 4.84. The van der Waals surface area contributed by atoms with Crippen LogP contribution in [0.1, 0.15) is 38.8 Å². The number of benzene rings is 1. The van der Waals surface area contributed by atoms with Crippen LogP contribution in [0.4, 0.5) is 0 Å². The Morgan fingerprint density at radius 3 is 2.43 bits per heavy atom. The Hall–Kier alpha value is -1.61. The van der Waals surface area contributed by atoms with Gasteiger partial charge < -0.3 is 10.0 Å². The van der Waals surface area contributed by atoms with Gasteiger partial charge in [-0.2, -0.15) is 0 Å². The van der Waals surface area contributed by atoms with Crippen molar-refractivity contribution in [3.05, 3.63) is 48.6 Å². The minimum Gasteiger partial charge on any atom is -0.391 e. The third kappa shape index (κ3) is 2.88. The molecule has 0 aliphatic carbocycles. The highest BCUT2D eigenvalue weighted by molar-refractivity contribution is 5.87. The minimum atomic E-state index is -0.543. The molecule has 1 aromatic rings. The Morgan fingerprint density at radius 2 is 1.90 bits per heavy atom. The molecule has 1 aromatic carbocycles. The van der Waals surface area contributed by atoms with Gasteiger partial charge in [-0.25, -0.2) is 0 Å². The summed E-state index contributed by atoms with van der Waals surface area (Å²) in [6, 6.07) is 9.84. The van der Waals surface area contributed by atoms with Crippen molar-refractivity contribution in [2.75, 3.05) is 0 Å². The molecular formula is C18H25NO2. The summed E-state index contributed by atoms with van der Waals surface area (Å²) in [5, 5.41) is 10.4. The van der Waals surface area contributed by atoms with Crippen molar-refractivity contribution in [1.29, 1.82) is 0 Å². The number of β-lactam (4-membered cyclic amide) rings is 1. The molecule has 0 radical (unpaired) electrons. The summed E-state index contributed by atoms with van der Waals surface area (Å²) in [5.41, 5.74) is 1.10. The van der Waals surface area contributed by atoms with Crippen LogP contribution in [0.5, 0.6) is 0 Å². The normalized spacial score (nSPS) is 24.6. The molecule has 3 heteroatoms. The van der Waals surface area contributed by atoms with Crippen LogP contribution in [0, 0.1) is 11.8 Å². The van der Waals surface area contributed by atoms with E-state index in [0.29, 0.717) is 6.42 Å². The van der Waals surface area contributed by atoms with Crippen molar-refractivity contribution >= 4 is 5.91 Å². The molecule has 1 heterocycles. The molecule has 0 saturated carbocycles. The van der Waals surface area contributed by atoms with Gasteiger partial charge in [-0.3, -0.25) is 4.79 Å². The lowest BCUT2D eigenvalue weighted by molar-refractivity contribution is -0.174. The summed E-state index contributed by atoms with van der Waals surface area (Å²) in [5.74, 6) is 0.293. The summed E-state index contributed by atoms with van der Waals surface area (Å²) >= 11 is 0. The van der Waals surface area contributed by atoms with E-state index in [1.54, 1.807) is 6.08 Å². The highest BCUT2D eigenvalue weighted by atomic mass is 16.3. The molecule has 0 bridgehead atoms. The number of nitrogens with zero attached hydrogens (tertiary/aromatic N) is 1. The molecule has 0 spiro atoms. The first-order chi connectivity index (χ1) is 9.99. The van der Waals surface area contributed by atoms with Gasteiger partial charge in [-0.05, 0) is 24.8 Å². The molecular weight excluding hydrogens is 262 g/mol. The van der Waals surface area contributed by atoms with Crippen LogP contribution in [0.15, 0.2) is 43.0 Å². The van der Waals surface area contributed by atoms with Gasteiger partial charge in [0, 0.05) is 0 Å². The molecule has 1 aliphatic heterocycles. The molecule has 2 rings (SSSR count). The SMILES string of the molecule is C=CCC(O)[C@@H]1[C@H](C(C)C)C(=O)N1[C@@H](C)c1ccccc1. The second-order valence-electron chi connectivity index (χ2n) is 6.18. The van der Waals surface area contributed by atoms with Crippen molar-refractivity contribution in [3.63, 3.8) is 0 Å². The largest absolute Gasteiger partial charge is 0.391 e. The van der Waals surface area contributed by atoms with Crippen LogP contribution in [-0.2, 0) is 4.79 Å². The van der Waals surface area contributed by atoms with Crippen molar-refractivity contribution in [1.82, 2.24) is 4.90 Å². The first-order valence-corrected chi connectivity index (χ1v) is 7.65. The van der Waals surface area contributed by atoms with Crippen LogP contribution in [0.2, 0.25) is 0 Å². The fraction of sp³-hybridized carbons (Fsp3) is 0.500. The molecule has 1 N–H and O–H groups in total. The minimum absolute atomic E-state index is 0.0156. The van der Waals surface area contributed by atoms with E-state index in [-0.39, 0.29) is 29.8 Å². The maximum atomic E-state index is 12.5. The number of rotatable bonds is 6. The predicted octanol–water partition coefficient (Wildman–Crippen LogP) is 3.17. The number of carbonyl (C=O) groups excluding carboxylic acids is 1. The number of hydrogen-bond donors (Lipinski definition) is 1. The fourth-order valence-corrected chi connectivity index (χ4v) is 3.31. The molecule has 1 saturated heterocycles. The lowest BCUT2D eigenvalue weighted by Crippen LogP contribution is -2.67. The van der Waals surface area contributed by atoms with Crippen LogP contribution in [0.3, 0.4) is 0 Å². The summed E-state index contributed by atoms with van der Waals surface area (Å²) in [7, 11) is 0. The van der Waals surface area contributed by atoms with Crippen LogP contribution in [-0.4, -0.2) is 28.1 Å². The van der Waals surface area contributed by atoms with Gasteiger partial charge in [0.15, 0.2) is 0 Å². The van der Waals surface area contributed by atoms with E-state index in [2.05, 4.69) is 6.58 Å². The van der Waals surface area contributed by atoms with Gasteiger partial charge in [0.1, 0.15) is 0 Å². The van der Waals surface area contributed by atoms with E-state index < -0.39 is 6.10 Å². The van der Waals surface area contributed by atoms with Crippen molar-refractivity contribution in [3.8, 4) is 0 Å². The fourth-order valence-electron chi connectivity index (χ4n) is 3.31. The van der Waals surface area contributed by atoms with Crippen LogP contribution in [0.25, 0.3) is 0 Å². The summed E-state index contributed by atoms with van der Waals surface area (Å²) in [6.45, 7) is 9.80. The smallest absolute Gasteiger partial charge is 0.228 e. The Morgan fingerprint density at radius 1 is 1.29 bits per heavy atom. The van der Waals surface area contributed by atoms with Gasteiger partial charge in [-0.15, -0.1) is 6.58 Å². The maximum absolute atomic E-state index is 12.5. The van der Waals surface area contributed by atoms with Crippen molar-refractivity contribution in [2.24, 2.45) is 11.8 Å². The number of carbonyl (C=O) groups is 1. The van der Waals surface area contributed by atoms with Crippen LogP contribution < -0.4 is 0 Å². The summed E-state index contributed by atoms with van der Waals surface area (Å²) in [4.78, 5) is 14.4. The number of aliphatic hydroxyl groups is 1. The monoisotopic (exact) mass is 287 g/mol. The third-order valence-electron chi connectivity index (χ3n) is 4.45. The topological polar surface area (TPSA) is 40.5 Å². The zero-order valence-corrected chi connectivity index (χ0v) is 13.1. The van der Waals surface area contributed by atoms with Gasteiger partial charge in [0.2, 0.25) is 5.91 Å². The quantitative estimate of drug-likeness (QED) is 0.645. The van der Waals surface area contributed by atoms with Crippen molar-refractivity contribution < 1.29 is 9.90 Å². The zero-order chi connectivity index (χ0) is 15.6. The predicted molar refractivity (Wildman–Crippen MR) is 84.6 cm³/mol. The number of amides is 1. The second kappa shape index (κ2) is 6.44. The average Bonchev–Trinajstić information content (AvgIpc) is 2.45. The Bertz CT molecular complexity index is 497. The van der Waals surface area contributed by atoms with Gasteiger partial charge >= 0.3 is 0 Å². The van der Waals surface area contributed by atoms with E-state index in [9.17, 15) is 9.90 Å². The molecule has 0 aromatic heterocycles. The molecule has 1 amide bonds. The lowest BCUT2D eigenvalue weighted by Gasteiger charge is -2.53. The molecule has 114 valence electrons. The highest BCUT2D eigenvalue weighted by Crippen LogP contribution is 2.41. The van der Waals surface area contributed by atoms with Gasteiger partial charge in [0.05, 0.1) is 24.1 Å². The molecule has 1 aliphatic rings. The summed E-state index contributed by atoms with van der Waals surface area (Å²) < 4.78 is 0. The summed E-state index contributed by atoms with van der Waals surface area (Å²) in [6.07, 6.45) is 1.69. The second-order valence-corrected chi connectivity index (χ2v) is 6.18. The van der Waals surface area contributed by atoms with E-state index in [1.165, 1.54) is 0 Å².